The van der Waals surface area contributed by atoms with Crippen LogP contribution < -0.4 is 5.32 Å². The maximum atomic E-state index is 12.5. The summed E-state index contributed by atoms with van der Waals surface area (Å²) in [4.78, 5) is 21.5. The van der Waals surface area contributed by atoms with Gasteiger partial charge in [0.25, 0.3) is 5.91 Å². The topological polar surface area (TPSA) is 72.7 Å². The third kappa shape index (κ3) is 2.84. The molecule has 0 atom stereocenters. The molecule has 1 amide bonds. The molecule has 6 nitrogen and oxygen atoms in total. The zero-order valence-corrected chi connectivity index (χ0v) is 14.9. The zero-order valence-electron chi connectivity index (χ0n) is 14.0. The van der Waals surface area contributed by atoms with Gasteiger partial charge < -0.3 is 0 Å². The van der Waals surface area contributed by atoms with Crippen molar-refractivity contribution in [2.75, 3.05) is 5.32 Å². The van der Waals surface area contributed by atoms with E-state index in [0.29, 0.717) is 16.5 Å². The standard InChI is InChI=1S/C20H13N5OS/c26-19(14-7-9-17(21-12-14)25-11-3-10-22-25)24-20-23-18-15-5-2-1-4-13(15)6-8-16(18)27-20/h1-12H,(H,23,24,26). The SMILES string of the molecule is O=C(Nc1nc2c(ccc3ccccc32)s1)c1ccc(-n2cccn2)nc1. The van der Waals surface area contributed by atoms with E-state index in [9.17, 15) is 4.79 Å². The second-order valence-electron chi connectivity index (χ2n) is 5.96. The van der Waals surface area contributed by atoms with Crippen LogP contribution in [0.2, 0.25) is 0 Å². The molecule has 3 aromatic heterocycles. The summed E-state index contributed by atoms with van der Waals surface area (Å²) in [5.74, 6) is 0.417. The Hall–Kier alpha value is -3.58. The Balaban J connectivity index is 1.43. The van der Waals surface area contributed by atoms with Crippen molar-refractivity contribution < 1.29 is 4.79 Å². The molecule has 0 saturated heterocycles. The lowest BCUT2D eigenvalue weighted by atomic mass is 10.1. The van der Waals surface area contributed by atoms with E-state index in [1.54, 1.807) is 29.2 Å². The number of hydrogen-bond donors (Lipinski definition) is 1. The largest absolute Gasteiger partial charge is 0.298 e. The molecular formula is C20H13N5OS. The molecule has 0 unspecified atom stereocenters. The summed E-state index contributed by atoms with van der Waals surface area (Å²) in [6.07, 6.45) is 5.02. The quantitative estimate of drug-likeness (QED) is 0.514. The number of thiazole rings is 1. The summed E-state index contributed by atoms with van der Waals surface area (Å²) >= 11 is 1.46. The van der Waals surface area contributed by atoms with Crippen molar-refractivity contribution in [1.29, 1.82) is 0 Å². The van der Waals surface area contributed by atoms with E-state index >= 15 is 0 Å². The lowest BCUT2D eigenvalue weighted by Crippen LogP contribution is -2.12. The molecule has 0 spiro atoms. The lowest BCUT2D eigenvalue weighted by molar-refractivity contribution is 0.102. The van der Waals surface area contributed by atoms with E-state index in [1.807, 2.05) is 30.3 Å². The Morgan fingerprint density at radius 3 is 2.78 bits per heavy atom. The zero-order chi connectivity index (χ0) is 18.2. The van der Waals surface area contributed by atoms with Gasteiger partial charge in [-0.25, -0.2) is 14.6 Å². The van der Waals surface area contributed by atoms with Gasteiger partial charge in [-0.1, -0.05) is 41.7 Å². The molecule has 27 heavy (non-hydrogen) atoms. The van der Waals surface area contributed by atoms with Crippen molar-refractivity contribution in [1.82, 2.24) is 19.7 Å². The molecule has 7 heteroatoms. The second-order valence-corrected chi connectivity index (χ2v) is 6.99. The highest BCUT2D eigenvalue weighted by molar-refractivity contribution is 7.22. The fourth-order valence-electron chi connectivity index (χ4n) is 2.94. The average Bonchev–Trinajstić information content (AvgIpc) is 3.38. The number of carbonyl (C=O) groups is 1. The van der Waals surface area contributed by atoms with Gasteiger partial charge in [0.15, 0.2) is 10.9 Å². The molecule has 1 N–H and O–H groups in total. The minimum atomic E-state index is -0.238. The maximum Gasteiger partial charge on any atom is 0.259 e. The van der Waals surface area contributed by atoms with Crippen molar-refractivity contribution >= 4 is 43.4 Å². The van der Waals surface area contributed by atoms with Gasteiger partial charge in [0.05, 0.1) is 15.8 Å². The highest BCUT2D eigenvalue weighted by Gasteiger charge is 2.12. The molecule has 3 heterocycles. The van der Waals surface area contributed by atoms with Crippen LogP contribution in [0.3, 0.4) is 0 Å². The molecular weight excluding hydrogens is 358 g/mol. The Kier molecular flexibility index (Phi) is 3.65. The van der Waals surface area contributed by atoms with Crippen molar-refractivity contribution in [2.24, 2.45) is 0 Å². The minimum absolute atomic E-state index is 0.238. The number of pyridine rings is 1. The van der Waals surface area contributed by atoms with Gasteiger partial charge in [-0.3, -0.25) is 10.1 Å². The third-order valence-corrected chi connectivity index (χ3v) is 5.19. The number of anilines is 1. The number of benzene rings is 2. The Labute approximate surface area is 158 Å². The first-order chi connectivity index (χ1) is 13.3. The molecule has 0 fully saturated rings. The van der Waals surface area contributed by atoms with Gasteiger partial charge in [0.2, 0.25) is 0 Å². The summed E-state index contributed by atoms with van der Waals surface area (Å²) in [7, 11) is 0. The molecule has 0 aliphatic heterocycles. The number of aromatic nitrogens is 4. The van der Waals surface area contributed by atoms with Crippen molar-refractivity contribution in [3.63, 3.8) is 0 Å². The predicted octanol–water partition coefficient (Wildman–Crippen LogP) is 4.28. The first-order valence-corrected chi connectivity index (χ1v) is 9.15. The third-order valence-electron chi connectivity index (χ3n) is 4.25. The van der Waals surface area contributed by atoms with Crippen LogP contribution in [0.15, 0.2) is 73.2 Å². The van der Waals surface area contributed by atoms with E-state index in [4.69, 9.17) is 0 Å². The van der Waals surface area contributed by atoms with E-state index in [-0.39, 0.29) is 5.91 Å². The number of fused-ring (bicyclic) bond motifs is 3. The van der Waals surface area contributed by atoms with E-state index in [0.717, 1.165) is 21.0 Å². The van der Waals surface area contributed by atoms with Gasteiger partial charge >= 0.3 is 0 Å². The summed E-state index contributed by atoms with van der Waals surface area (Å²) in [5, 5.41) is 9.78. The number of carbonyl (C=O) groups excluding carboxylic acids is 1. The highest BCUT2D eigenvalue weighted by atomic mass is 32.1. The first kappa shape index (κ1) is 15.7. The van der Waals surface area contributed by atoms with Crippen LogP contribution in [0.4, 0.5) is 5.13 Å². The number of hydrogen-bond acceptors (Lipinski definition) is 5. The molecule has 2 aromatic carbocycles. The van der Waals surface area contributed by atoms with E-state index in [2.05, 4.69) is 32.5 Å². The fraction of sp³-hybridized carbons (Fsp3) is 0. The van der Waals surface area contributed by atoms with Crippen molar-refractivity contribution in [2.45, 2.75) is 0 Å². The van der Waals surface area contributed by atoms with Gasteiger partial charge in [-0.05, 0) is 29.7 Å². The van der Waals surface area contributed by atoms with Crippen LogP contribution >= 0.6 is 11.3 Å². The van der Waals surface area contributed by atoms with Crippen LogP contribution in [-0.2, 0) is 0 Å². The lowest BCUT2D eigenvalue weighted by Gasteiger charge is -2.03. The smallest absolute Gasteiger partial charge is 0.259 e. The van der Waals surface area contributed by atoms with Crippen molar-refractivity contribution in [3.8, 4) is 5.82 Å². The molecule has 130 valence electrons. The fourth-order valence-corrected chi connectivity index (χ4v) is 3.82. The molecule has 0 aliphatic rings. The molecule has 0 saturated carbocycles. The van der Waals surface area contributed by atoms with Crippen LogP contribution in [0.25, 0.3) is 26.8 Å². The monoisotopic (exact) mass is 371 g/mol. The summed E-state index contributed by atoms with van der Waals surface area (Å²) < 4.78 is 2.68. The molecule has 0 radical (unpaired) electrons. The number of nitrogens with one attached hydrogen (secondary N) is 1. The van der Waals surface area contributed by atoms with Crippen molar-refractivity contribution in [3.05, 3.63) is 78.8 Å². The normalized spacial score (nSPS) is 11.1. The van der Waals surface area contributed by atoms with Gasteiger partial charge in [0, 0.05) is 24.0 Å². The Morgan fingerprint density at radius 1 is 1.04 bits per heavy atom. The summed E-state index contributed by atoms with van der Waals surface area (Å²) in [6, 6.07) is 17.5. The van der Waals surface area contributed by atoms with E-state index in [1.165, 1.54) is 17.5 Å². The molecule has 0 bridgehead atoms. The number of amides is 1. The minimum Gasteiger partial charge on any atom is -0.298 e. The first-order valence-electron chi connectivity index (χ1n) is 8.34. The van der Waals surface area contributed by atoms with Gasteiger partial charge in [-0.2, -0.15) is 5.10 Å². The number of nitrogens with zero attached hydrogens (tertiary/aromatic N) is 4. The predicted molar refractivity (Wildman–Crippen MR) is 106 cm³/mol. The van der Waals surface area contributed by atoms with Gasteiger partial charge in [0.1, 0.15) is 0 Å². The average molecular weight is 371 g/mol. The maximum absolute atomic E-state index is 12.5. The number of rotatable bonds is 3. The van der Waals surface area contributed by atoms with Crippen LogP contribution in [0, 0.1) is 0 Å². The molecule has 5 rings (SSSR count). The Morgan fingerprint density at radius 2 is 1.96 bits per heavy atom. The highest BCUT2D eigenvalue weighted by Crippen LogP contribution is 2.31. The van der Waals surface area contributed by atoms with Crippen LogP contribution in [-0.4, -0.2) is 25.7 Å². The molecule has 0 aliphatic carbocycles. The Bertz CT molecular complexity index is 1260. The van der Waals surface area contributed by atoms with Crippen LogP contribution in [0.5, 0.6) is 0 Å². The second kappa shape index (κ2) is 6.30. The summed E-state index contributed by atoms with van der Waals surface area (Å²) in [6.45, 7) is 0. The van der Waals surface area contributed by atoms with E-state index < -0.39 is 0 Å². The summed E-state index contributed by atoms with van der Waals surface area (Å²) in [5.41, 5.74) is 1.37. The van der Waals surface area contributed by atoms with Crippen LogP contribution in [0.1, 0.15) is 10.4 Å². The van der Waals surface area contributed by atoms with Gasteiger partial charge in [-0.15, -0.1) is 0 Å². The molecule has 5 aromatic rings.